The lowest BCUT2D eigenvalue weighted by Gasteiger charge is -2.12. The van der Waals surface area contributed by atoms with Crippen molar-refractivity contribution in [3.63, 3.8) is 0 Å². The summed E-state index contributed by atoms with van der Waals surface area (Å²) >= 11 is 2.91. The van der Waals surface area contributed by atoms with Crippen LogP contribution < -0.4 is 0 Å². The number of hydrogen-bond acceptors (Lipinski definition) is 2. The van der Waals surface area contributed by atoms with Gasteiger partial charge in [-0.25, -0.2) is 0 Å². The van der Waals surface area contributed by atoms with Crippen LogP contribution in [0.15, 0.2) is 12.1 Å². The quantitative estimate of drug-likeness (QED) is 0.487. The van der Waals surface area contributed by atoms with Crippen molar-refractivity contribution in [1.82, 2.24) is 0 Å². The van der Waals surface area contributed by atoms with E-state index < -0.39 is 17.5 Å². The number of carbonyl (C=O) groups is 2. The van der Waals surface area contributed by atoms with E-state index in [0.29, 0.717) is 6.07 Å². The molecule has 0 fully saturated rings. The molecule has 0 amide bonds. The monoisotopic (exact) mass is 308 g/mol. The molecule has 92 valence electrons. The lowest BCUT2D eigenvalue weighted by atomic mass is 9.97. The van der Waals surface area contributed by atoms with E-state index in [1.165, 1.54) is 6.92 Å². The van der Waals surface area contributed by atoms with Gasteiger partial charge >= 0.3 is 6.18 Å². The number of benzene rings is 1. The minimum Gasteiger partial charge on any atom is -0.298 e. The van der Waals surface area contributed by atoms with E-state index in [2.05, 4.69) is 15.9 Å². The summed E-state index contributed by atoms with van der Waals surface area (Å²) in [5.41, 5.74) is -1.21. The summed E-state index contributed by atoms with van der Waals surface area (Å²) in [5.74, 6) is -0.427. The third-order valence-corrected chi connectivity index (χ3v) is 2.76. The van der Waals surface area contributed by atoms with Crippen LogP contribution >= 0.6 is 15.9 Å². The molecule has 1 rings (SSSR count). The third kappa shape index (κ3) is 2.94. The molecule has 0 heterocycles. The number of ketones is 1. The summed E-state index contributed by atoms with van der Waals surface area (Å²) in [5, 5.41) is -0.0430. The van der Waals surface area contributed by atoms with Crippen LogP contribution in [-0.4, -0.2) is 17.4 Å². The van der Waals surface area contributed by atoms with Crippen molar-refractivity contribution >= 4 is 28.0 Å². The highest BCUT2D eigenvalue weighted by Gasteiger charge is 2.33. The summed E-state index contributed by atoms with van der Waals surface area (Å²) in [6.45, 7) is 1.25. The van der Waals surface area contributed by atoms with Crippen LogP contribution in [0, 0.1) is 6.92 Å². The average molecular weight is 309 g/mol. The molecular weight excluding hydrogens is 301 g/mol. The maximum absolute atomic E-state index is 12.6. The number of alkyl halides is 4. The number of halogens is 4. The number of rotatable bonds is 3. The first-order valence-electron chi connectivity index (χ1n) is 4.57. The summed E-state index contributed by atoms with van der Waals surface area (Å²) in [7, 11) is 0. The third-order valence-electron chi connectivity index (χ3n) is 2.25. The smallest absolute Gasteiger partial charge is 0.298 e. The van der Waals surface area contributed by atoms with Crippen molar-refractivity contribution in [1.29, 1.82) is 0 Å². The number of aldehydes is 1. The minimum atomic E-state index is -4.53. The summed E-state index contributed by atoms with van der Waals surface area (Å²) in [4.78, 5) is 22.1. The Morgan fingerprint density at radius 1 is 1.41 bits per heavy atom. The second-order valence-corrected chi connectivity index (χ2v) is 3.99. The van der Waals surface area contributed by atoms with Crippen LogP contribution in [0.3, 0.4) is 0 Å². The molecule has 0 unspecified atom stereocenters. The highest BCUT2D eigenvalue weighted by molar-refractivity contribution is 9.09. The number of aryl methyl sites for hydroxylation is 1. The molecule has 0 N–H and O–H groups in total. The maximum Gasteiger partial charge on any atom is 0.416 e. The van der Waals surface area contributed by atoms with Crippen molar-refractivity contribution in [3.8, 4) is 0 Å². The van der Waals surface area contributed by atoms with E-state index in [4.69, 9.17) is 0 Å². The van der Waals surface area contributed by atoms with E-state index in [1.54, 1.807) is 0 Å². The first-order valence-corrected chi connectivity index (χ1v) is 5.69. The normalized spacial score (nSPS) is 11.4. The number of hydrogen-bond donors (Lipinski definition) is 0. The fourth-order valence-corrected chi connectivity index (χ4v) is 1.74. The largest absolute Gasteiger partial charge is 0.416 e. The molecule has 0 aliphatic rings. The molecular formula is C11H8BrF3O2. The van der Waals surface area contributed by atoms with Gasteiger partial charge < -0.3 is 0 Å². The van der Waals surface area contributed by atoms with Gasteiger partial charge in [0.05, 0.1) is 10.9 Å². The molecule has 0 aromatic heterocycles. The molecule has 0 spiro atoms. The van der Waals surface area contributed by atoms with Crippen LogP contribution in [0.2, 0.25) is 0 Å². The van der Waals surface area contributed by atoms with E-state index in [9.17, 15) is 22.8 Å². The Bertz CT molecular complexity index is 467. The Morgan fingerprint density at radius 2 is 2.00 bits per heavy atom. The lowest BCUT2D eigenvalue weighted by molar-refractivity contribution is -0.138. The molecule has 0 radical (unpaired) electrons. The van der Waals surface area contributed by atoms with Crippen LogP contribution in [0.4, 0.5) is 13.2 Å². The van der Waals surface area contributed by atoms with Gasteiger partial charge in [-0.15, -0.1) is 0 Å². The zero-order valence-electron chi connectivity index (χ0n) is 8.77. The molecule has 1 aromatic rings. The lowest BCUT2D eigenvalue weighted by Crippen LogP contribution is -2.12. The van der Waals surface area contributed by atoms with Gasteiger partial charge in [0.15, 0.2) is 12.1 Å². The molecule has 0 atom stereocenters. The molecule has 0 saturated carbocycles. The van der Waals surface area contributed by atoms with Gasteiger partial charge in [-0.1, -0.05) is 15.9 Å². The molecule has 0 bridgehead atoms. The molecule has 6 heteroatoms. The van der Waals surface area contributed by atoms with Crippen molar-refractivity contribution in [2.45, 2.75) is 13.1 Å². The Balaban J connectivity index is 3.45. The fraction of sp³-hybridized carbons (Fsp3) is 0.273. The summed E-state index contributed by atoms with van der Waals surface area (Å²) in [6.07, 6.45) is -4.28. The second-order valence-electron chi connectivity index (χ2n) is 3.43. The fourth-order valence-electron chi connectivity index (χ4n) is 1.44. The van der Waals surface area contributed by atoms with Gasteiger partial charge in [0, 0.05) is 11.1 Å². The first kappa shape index (κ1) is 13.9. The van der Waals surface area contributed by atoms with Gasteiger partial charge in [-0.3, -0.25) is 9.59 Å². The van der Waals surface area contributed by atoms with Crippen LogP contribution in [0.1, 0.15) is 31.8 Å². The highest BCUT2D eigenvalue weighted by Crippen LogP contribution is 2.33. The van der Waals surface area contributed by atoms with Crippen molar-refractivity contribution in [2.24, 2.45) is 0 Å². The Hall–Kier alpha value is -1.17. The molecule has 2 nitrogen and oxygen atoms in total. The molecule has 1 aromatic carbocycles. The molecule has 0 saturated heterocycles. The van der Waals surface area contributed by atoms with Crippen LogP contribution in [0.25, 0.3) is 0 Å². The maximum atomic E-state index is 12.6. The highest BCUT2D eigenvalue weighted by atomic mass is 79.9. The predicted molar refractivity (Wildman–Crippen MR) is 59.7 cm³/mol. The first-order chi connectivity index (χ1) is 7.81. The number of carbonyl (C=O) groups excluding carboxylic acids is 2. The van der Waals surface area contributed by atoms with E-state index >= 15 is 0 Å². The van der Waals surface area contributed by atoms with Crippen molar-refractivity contribution in [2.75, 3.05) is 5.33 Å². The zero-order valence-corrected chi connectivity index (χ0v) is 10.4. The van der Waals surface area contributed by atoms with Gasteiger partial charge in [0.2, 0.25) is 0 Å². The van der Waals surface area contributed by atoms with Gasteiger partial charge in [0.1, 0.15) is 0 Å². The van der Waals surface area contributed by atoms with Crippen molar-refractivity contribution < 1.29 is 22.8 Å². The average Bonchev–Trinajstić information content (AvgIpc) is 2.26. The van der Waals surface area contributed by atoms with E-state index in [1.807, 2.05) is 0 Å². The standard InChI is InChI=1S/C11H8BrF3O2/c1-6-2-8(10(17)4-12)7(5-16)3-9(6)11(13,14)15/h2-3,5H,4H2,1H3. The summed E-state index contributed by atoms with van der Waals surface area (Å²) < 4.78 is 37.7. The second kappa shape index (κ2) is 5.00. The van der Waals surface area contributed by atoms with Crippen LogP contribution in [0.5, 0.6) is 0 Å². The Kier molecular flexibility index (Phi) is 4.08. The SMILES string of the molecule is Cc1cc(C(=O)CBr)c(C=O)cc1C(F)(F)F. The topological polar surface area (TPSA) is 34.1 Å². The van der Waals surface area contributed by atoms with Crippen LogP contribution in [-0.2, 0) is 6.18 Å². The number of Topliss-reactive ketones (excluding diaryl/α,β-unsaturated/α-hetero) is 1. The Labute approximate surface area is 104 Å². The van der Waals surface area contributed by atoms with E-state index in [-0.39, 0.29) is 28.3 Å². The van der Waals surface area contributed by atoms with Gasteiger partial charge in [0.25, 0.3) is 0 Å². The van der Waals surface area contributed by atoms with Gasteiger partial charge in [-0.2, -0.15) is 13.2 Å². The Morgan fingerprint density at radius 3 is 2.41 bits per heavy atom. The van der Waals surface area contributed by atoms with Crippen molar-refractivity contribution in [3.05, 3.63) is 34.4 Å². The summed E-state index contributed by atoms with van der Waals surface area (Å²) in [6, 6.07) is 1.80. The van der Waals surface area contributed by atoms with E-state index in [0.717, 1.165) is 6.07 Å². The molecule has 0 aliphatic heterocycles. The molecule has 0 aliphatic carbocycles. The van der Waals surface area contributed by atoms with Gasteiger partial charge in [-0.05, 0) is 24.6 Å². The molecule has 17 heavy (non-hydrogen) atoms. The minimum absolute atomic E-state index is 0.00220. The predicted octanol–water partition coefficient (Wildman–Crippen LogP) is 3.40. The zero-order chi connectivity index (χ0) is 13.2.